The smallest absolute Gasteiger partial charge is 0.270 e. The fourth-order valence-corrected chi connectivity index (χ4v) is 2.26. The molecule has 110 valence electrons. The molecule has 4 nitrogen and oxygen atoms in total. The van der Waals surface area contributed by atoms with Gasteiger partial charge in [0.2, 0.25) is 0 Å². The number of hydrogen-bond acceptors (Lipinski definition) is 3. The summed E-state index contributed by atoms with van der Waals surface area (Å²) < 4.78 is 26.9. The summed E-state index contributed by atoms with van der Waals surface area (Å²) in [5.74, 6) is 0. The zero-order valence-electron chi connectivity index (χ0n) is 10.7. The molecule has 0 aliphatic heterocycles. The van der Waals surface area contributed by atoms with Crippen LogP contribution in [-0.4, -0.2) is 4.92 Å². The van der Waals surface area contributed by atoms with Crippen LogP contribution in [0.2, 0.25) is 0 Å². The van der Waals surface area contributed by atoms with Crippen LogP contribution in [0.25, 0.3) is 0 Å². The summed E-state index contributed by atoms with van der Waals surface area (Å²) >= 11 is 3.37. The van der Waals surface area contributed by atoms with Gasteiger partial charge in [-0.05, 0) is 17.7 Å². The minimum absolute atomic E-state index is 0.186. The standard InChI is InChI=1S/C14H11BrF2N2O2/c15-12-4-2-1-3-9(12)8-18-13-6-5-10(19(20)21)7-11(13)14(16)17/h1-7,14,18H,8H2. The molecule has 0 unspecified atom stereocenters. The van der Waals surface area contributed by atoms with Gasteiger partial charge in [-0.25, -0.2) is 8.78 Å². The van der Waals surface area contributed by atoms with Gasteiger partial charge in [-0.3, -0.25) is 10.1 Å². The van der Waals surface area contributed by atoms with Gasteiger partial charge in [-0.15, -0.1) is 0 Å². The Kier molecular flexibility index (Phi) is 4.85. The van der Waals surface area contributed by atoms with Crippen molar-refractivity contribution < 1.29 is 13.7 Å². The van der Waals surface area contributed by atoms with Crippen molar-refractivity contribution in [3.05, 3.63) is 68.2 Å². The van der Waals surface area contributed by atoms with Gasteiger partial charge in [0.15, 0.2) is 0 Å². The molecule has 0 aliphatic carbocycles. The number of nitro benzene ring substituents is 1. The van der Waals surface area contributed by atoms with E-state index in [1.54, 1.807) is 0 Å². The van der Waals surface area contributed by atoms with Crippen LogP contribution in [0.4, 0.5) is 20.2 Å². The molecule has 2 aromatic rings. The molecule has 0 heterocycles. The van der Waals surface area contributed by atoms with E-state index in [0.717, 1.165) is 16.1 Å². The van der Waals surface area contributed by atoms with E-state index in [1.165, 1.54) is 12.1 Å². The number of rotatable bonds is 5. The summed E-state index contributed by atoms with van der Waals surface area (Å²) in [5.41, 5.74) is 0.357. The summed E-state index contributed by atoms with van der Waals surface area (Å²) in [5, 5.41) is 13.5. The third kappa shape index (κ3) is 3.75. The summed E-state index contributed by atoms with van der Waals surface area (Å²) in [6.45, 7) is 0.332. The number of alkyl halides is 2. The molecule has 0 saturated heterocycles. The van der Waals surface area contributed by atoms with Crippen LogP contribution in [0.5, 0.6) is 0 Å². The van der Waals surface area contributed by atoms with Crippen LogP contribution < -0.4 is 5.32 Å². The second kappa shape index (κ2) is 6.62. The van der Waals surface area contributed by atoms with E-state index in [0.29, 0.717) is 6.54 Å². The molecule has 0 spiro atoms. The van der Waals surface area contributed by atoms with Crippen LogP contribution in [-0.2, 0) is 6.54 Å². The Morgan fingerprint density at radius 2 is 1.95 bits per heavy atom. The van der Waals surface area contributed by atoms with E-state index in [2.05, 4.69) is 21.2 Å². The molecule has 2 rings (SSSR count). The zero-order chi connectivity index (χ0) is 15.4. The van der Waals surface area contributed by atoms with Crippen molar-refractivity contribution in [1.29, 1.82) is 0 Å². The van der Waals surface area contributed by atoms with Crippen molar-refractivity contribution in [2.24, 2.45) is 0 Å². The average molecular weight is 357 g/mol. The van der Waals surface area contributed by atoms with E-state index in [9.17, 15) is 18.9 Å². The van der Waals surface area contributed by atoms with Crippen molar-refractivity contribution >= 4 is 27.3 Å². The molecule has 1 N–H and O–H groups in total. The third-order valence-corrected chi connectivity index (χ3v) is 3.68. The Labute approximate surface area is 128 Å². The lowest BCUT2D eigenvalue weighted by Crippen LogP contribution is -2.04. The number of nitro groups is 1. The maximum atomic E-state index is 13.0. The molecule has 0 aliphatic rings. The van der Waals surface area contributed by atoms with Crippen LogP contribution in [0.3, 0.4) is 0 Å². The normalized spacial score (nSPS) is 10.7. The first-order valence-corrected chi connectivity index (χ1v) is 6.82. The Morgan fingerprint density at radius 3 is 2.57 bits per heavy atom. The van der Waals surface area contributed by atoms with E-state index >= 15 is 0 Å². The number of hydrogen-bond donors (Lipinski definition) is 1. The summed E-state index contributed by atoms with van der Waals surface area (Å²) in [6, 6.07) is 10.8. The number of anilines is 1. The van der Waals surface area contributed by atoms with Crippen molar-refractivity contribution in [2.45, 2.75) is 13.0 Å². The first-order chi connectivity index (χ1) is 9.99. The minimum Gasteiger partial charge on any atom is -0.381 e. The van der Waals surface area contributed by atoms with E-state index in [1.807, 2.05) is 24.3 Å². The second-order valence-corrected chi connectivity index (χ2v) is 5.13. The number of non-ortho nitro benzene ring substituents is 1. The molecule has 0 radical (unpaired) electrons. The van der Waals surface area contributed by atoms with Gasteiger partial charge in [-0.1, -0.05) is 34.1 Å². The molecular weight excluding hydrogens is 346 g/mol. The second-order valence-electron chi connectivity index (χ2n) is 4.27. The van der Waals surface area contributed by atoms with E-state index < -0.39 is 11.3 Å². The van der Waals surface area contributed by atoms with Crippen LogP contribution in [0.15, 0.2) is 46.9 Å². The highest BCUT2D eigenvalue weighted by molar-refractivity contribution is 9.10. The number of nitrogens with one attached hydrogen (secondary N) is 1. The van der Waals surface area contributed by atoms with Crippen LogP contribution in [0, 0.1) is 10.1 Å². The average Bonchev–Trinajstić information content (AvgIpc) is 2.46. The van der Waals surface area contributed by atoms with Gasteiger partial charge in [0.25, 0.3) is 12.1 Å². The fraction of sp³-hybridized carbons (Fsp3) is 0.143. The molecule has 0 amide bonds. The van der Waals surface area contributed by atoms with Crippen molar-refractivity contribution in [2.75, 3.05) is 5.32 Å². The molecular formula is C14H11BrF2N2O2. The number of benzene rings is 2. The Morgan fingerprint density at radius 1 is 1.24 bits per heavy atom. The maximum Gasteiger partial charge on any atom is 0.270 e. The lowest BCUT2D eigenvalue weighted by Gasteiger charge is -2.12. The first kappa shape index (κ1) is 15.4. The van der Waals surface area contributed by atoms with Gasteiger partial charge in [0, 0.05) is 34.4 Å². The van der Waals surface area contributed by atoms with Gasteiger partial charge in [-0.2, -0.15) is 0 Å². The van der Waals surface area contributed by atoms with Gasteiger partial charge in [0.1, 0.15) is 0 Å². The largest absolute Gasteiger partial charge is 0.381 e. The number of halogens is 3. The van der Waals surface area contributed by atoms with E-state index in [-0.39, 0.29) is 16.9 Å². The van der Waals surface area contributed by atoms with Crippen molar-refractivity contribution in [1.82, 2.24) is 0 Å². The van der Waals surface area contributed by atoms with Gasteiger partial charge < -0.3 is 5.32 Å². The van der Waals surface area contributed by atoms with Gasteiger partial charge >= 0.3 is 0 Å². The highest BCUT2D eigenvalue weighted by Gasteiger charge is 2.17. The Balaban J connectivity index is 2.23. The minimum atomic E-state index is -2.79. The third-order valence-electron chi connectivity index (χ3n) is 2.91. The predicted octanol–water partition coefficient (Wildman–Crippen LogP) is 4.91. The fourth-order valence-electron chi connectivity index (χ4n) is 1.84. The van der Waals surface area contributed by atoms with Gasteiger partial charge in [0.05, 0.1) is 4.92 Å². The molecule has 0 aromatic heterocycles. The molecule has 0 bridgehead atoms. The molecule has 21 heavy (non-hydrogen) atoms. The highest BCUT2D eigenvalue weighted by Crippen LogP contribution is 2.31. The summed E-state index contributed by atoms with van der Waals surface area (Å²) in [6.07, 6.45) is -2.79. The Bertz CT molecular complexity index is 665. The van der Waals surface area contributed by atoms with E-state index in [4.69, 9.17) is 0 Å². The molecule has 0 fully saturated rings. The maximum absolute atomic E-state index is 13.0. The number of nitrogens with zero attached hydrogens (tertiary/aromatic N) is 1. The Hall–Kier alpha value is -2.02. The highest BCUT2D eigenvalue weighted by atomic mass is 79.9. The molecule has 2 aromatic carbocycles. The lowest BCUT2D eigenvalue weighted by molar-refractivity contribution is -0.385. The summed E-state index contributed by atoms with van der Waals surface area (Å²) in [7, 11) is 0. The molecule has 0 atom stereocenters. The lowest BCUT2D eigenvalue weighted by atomic mass is 10.1. The quantitative estimate of drug-likeness (QED) is 0.611. The first-order valence-electron chi connectivity index (χ1n) is 6.03. The van der Waals surface area contributed by atoms with Crippen molar-refractivity contribution in [3.8, 4) is 0 Å². The van der Waals surface area contributed by atoms with Crippen molar-refractivity contribution in [3.63, 3.8) is 0 Å². The predicted molar refractivity (Wildman–Crippen MR) is 79.5 cm³/mol. The SMILES string of the molecule is O=[N+]([O-])c1ccc(NCc2ccccc2Br)c(C(F)F)c1. The van der Waals surface area contributed by atoms with Crippen LogP contribution in [0.1, 0.15) is 17.6 Å². The monoisotopic (exact) mass is 356 g/mol. The molecule has 7 heteroatoms. The topological polar surface area (TPSA) is 55.2 Å². The molecule has 0 saturated carbocycles. The van der Waals surface area contributed by atoms with Crippen LogP contribution >= 0.6 is 15.9 Å². The summed E-state index contributed by atoms with van der Waals surface area (Å²) in [4.78, 5) is 9.95. The zero-order valence-corrected chi connectivity index (χ0v) is 12.3.